The van der Waals surface area contributed by atoms with Crippen LogP contribution in [-0.4, -0.2) is 34.1 Å². The van der Waals surface area contributed by atoms with Crippen LogP contribution in [0.4, 0.5) is 4.39 Å². The summed E-state index contributed by atoms with van der Waals surface area (Å²) < 4.78 is 25.6. The van der Waals surface area contributed by atoms with E-state index in [4.69, 9.17) is 14.5 Å². The monoisotopic (exact) mass is 491 g/mol. The van der Waals surface area contributed by atoms with Crippen molar-refractivity contribution in [2.24, 2.45) is 0 Å². The molecule has 2 aliphatic rings. The van der Waals surface area contributed by atoms with E-state index in [0.717, 1.165) is 46.8 Å². The van der Waals surface area contributed by atoms with Gasteiger partial charge in [-0.05, 0) is 61.2 Å². The molecular weight excluding hydrogens is 465 g/mol. The SMILES string of the molecule is CC(c1ccc2c(c1)OCCCO2)N(Cc1nc2cc(-c3ccc(F)cc3)sc2c(=O)[nH]1)C1CC1. The molecule has 180 valence electrons. The Bertz CT molecular complexity index is 1430. The average molecular weight is 492 g/mol. The van der Waals surface area contributed by atoms with Gasteiger partial charge < -0.3 is 14.5 Å². The third kappa shape index (κ3) is 4.56. The quantitative estimate of drug-likeness (QED) is 0.376. The second kappa shape index (κ2) is 9.09. The molecule has 1 aliphatic heterocycles. The molecule has 6 rings (SSSR count). The lowest BCUT2D eigenvalue weighted by molar-refractivity contribution is 0.185. The summed E-state index contributed by atoms with van der Waals surface area (Å²) in [5.74, 6) is 1.96. The fourth-order valence-electron chi connectivity index (χ4n) is 4.61. The van der Waals surface area contributed by atoms with Crippen molar-refractivity contribution in [1.29, 1.82) is 0 Å². The van der Waals surface area contributed by atoms with Gasteiger partial charge in [0.1, 0.15) is 16.3 Å². The summed E-state index contributed by atoms with van der Waals surface area (Å²) >= 11 is 1.38. The topological polar surface area (TPSA) is 67.5 Å². The molecule has 35 heavy (non-hydrogen) atoms. The highest BCUT2D eigenvalue weighted by Gasteiger charge is 2.34. The zero-order chi connectivity index (χ0) is 23.9. The van der Waals surface area contributed by atoms with E-state index in [1.54, 1.807) is 12.1 Å². The molecule has 0 radical (unpaired) electrons. The Morgan fingerprint density at radius 3 is 2.66 bits per heavy atom. The molecule has 2 aromatic heterocycles. The molecule has 1 aliphatic carbocycles. The first-order chi connectivity index (χ1) is 17.0. The first-order valence-corrected chi connectivity index (χ1v) is 12.8. The number of halogens is 1. The molecule has 8 heteroatoms. The van der Waals surface area contributed by atoms with Crippen LogP contribution in [0.25, 0.3) is 20.7 Å². The molecule has 4 aromatic rings. The number of aromatic nitrogens is 2. The molecule has 1 unspecified atom stereocenters. The van der Waals surface area contributed by atoms with Crippen molar-refractivity contribution >= 4 is 21.6 Å². The normalized spacial score (nSPS) is 16.4. The number of H-pyrrole nitrogens is 1. The predicted molar refractivity (Wildman–Crippen MR) is 135 cm³/mol. The highest BCUT2D eigenvalue weighted by Crippen LogP contribution is 2.39. The number of thiophene rings is 1. The predicted octanol–water partition coefficient (Wildman–Crippen LogP) is 5.68. The van der Waals surface area contributed by atoms with E-state index in [0.29, 0.717) is 41.8 Å². The minimum Gasteiger partial charge on any atom is -0.490 e. The maximum absolute atomic E-state index is 13.3. The Kier molecular flexibility index (Phi) is 5.78. The van der Waals surface area contributed by atoms with Crippen LogP contribution in [0.3, 0.4) is 0 Å². The number of hydrogen-bond acceptors (Lipinski definition) is 6. The number of nitrogens with zero attached hydrogens (tertiary/aromatic N) is 2. The maximum Gasteiger partial charge on any atom is 0.268 e. The highest BCUT2D eigenvalue weighted by molar-refractivity contribution is 7.22. The summed E-state index contributed by atoms with van der Waals surface area (Å²) in [4.78, 5) is 24.0. The Morgan fingerprint density at radius 2 is 1.89 bits per heavy atom. The van der Waals surface area contributed by atoms with Crippen molar-refractivity contribution in [3.05, 3.63) is 76.1 Å². The Hall–Kier alpha value is -3.23. The Balaban J connectivity index is 1.28. The second-order valence-electron chi connectivity index (χ2n) is 9.18. The maximum atomic E-state index is 13.3. The lowest BCUT2D eigenvalue weighted by atomic mass is 10.1. The molecule has 0 saturated heterocycles. The minimum atomic E-state index is -0.282. The first kappa shape index (κ1) is 22.2. The van der Waals surface area contributed by atoms with Gasteiger partial charge >= 0.3 is 0 Å². The standard InChI is InChI=1S/C27H26FN3O3S/c1-16(18-5-10-22-23(13-18)34-12-2-11-33-22)31(20-8-9-20)15-25-29-21-14-24(35-26(21)27(32)30-25)17-3-6-19(28)7-4-17/h3-7,10,13-14,16,20H,2,8-9,11-12,15H2,1H3,(H,29,30,32). The number of fused-ring (bicyclic) bond motifs is 2. The summed E-state index contributed by atoms with van der Waals surface area (Å²) in [7, 11) is 0. The van der Waals surface area contributed by atoms with Crippen molar-refractivity contribution in [3.63, 3.8) is 0 Å². The highest BCUT2D eigenvalue weighted by atomic mass is 32.1. The molecule has 6 nitrogen and oxygen atoms in total. The van der Waals surface area contributed by atoms with E-state index in [-0.39, 0.29) is 17.4 Å². The number of nitrogens with one attached hydrogen (secondary N) is 1. The van der Waals surface area contributed by atoms with E-state index in [1.165, 1.54) is 23.5 Å². The van der Waals surface area contributed by atoms with Gasteiger partial charge in [-0.1, -0.05) is 18.2 Å². The van der Waals surface area contributed by atoms with Crippen LogP contribution in [0, 0.1) is 5.82 Å². The average Bonchev–Trinajstić information content (AvgIpc) is 3.65. The smallest absolute Gasteiger partial charge is 0.268 e. The van der Waals surface area contributed by atoms with Gasteiger partial charge in [-0.2, -0.15) is 0 Å². The lowest BCUT2D eigenvalue weighted by Crippen LogP contribution is -2.30. The number of benzene rings is 2. The zero-order valence-electron chi connectivity index (χ0n) is 19.4. The van der Waals surface area contributed by atoms with E-state index in [9.17, 15) is 9.18 Å². The van der Waals surface area contributed by atoms with Gasteiger partial charge in [-0.25, -0.2) is 9.37 Å². The lowest BCUT2D eigenvalue weighted by Gasteiger charge is -2.29. The van der Waals surface area contributed by atoms with Gasteiger partial charge in [0, 0.05) is 23.4 Å². The van der Waals surface area contributed by atoms with Crippen LogP contribution in [0.2, 0.25) is 0 Å². The molecule has 1 saturated carbocycles. The number of aromatic amines is 1. The molecule has 0 amide bonds. The fraction of sp³-hybridized carbons (Fsp3) is 0.333. The zero-order valence-corrected chi connectivity index (χ0v) is 20.2. The third-order valence-electron chi connectivity index (χ3n) is 6.66. The van der Waals surface area contributed by atoms with Gasteiger partial charge in [0.15, 0.2) is 11.5 Å². The van der Waals surface area contributed by atoms with Crippen molar-refractivity contribution in [2.45, 2.75) is 44.8 Å². The number of ether oxygens (including phenoxy) is 2. The van der Waals surface area contributed by atoms with Crippen LogP contribution in [0.15, 0.2) is 53.3 Å². The molecule has 0 bridgehead atoms. The third-order valence-corrected chi connectivity index (χ3v) is 7.83. The molecule has 1 atom stereocenters. The fourth-order valence-corrected chi connectivity index (χ4v) is 5.61. The van der Waals surface area contributed by atoms with Gasteiger partial charge in [-0.15, -0.1) is 11.3 Å². The van der Waals surface area contributed by atoms with Gasteiger partial charge in [0.2, 0.25) is 0 Å². The first-order valence-electron chi connectivity index (χ1n) is 12.0. The van der Waals surface area contributed by atoms with E-state index >= 15 is 0 Å². The summed E-state index contributed by atoms with van der Waals surface area (Å²) in [5.41, 5.74) is 2.56. The van der Waals surface area contributed by atoms with Crippen LogP contribution >= 0.6 is 11.3 Å². The molecule has 1 N–H and O–H groups in total. The van der Waals surface area contributed by atoms with Crippen LogP contribution < -0.4 is 15.0 Å². The van der Waals surface area contributed by atoms with Gasteiger partial charge in [0.25, 0.3) is 5.56 Å². The molecule has 2 aromatic carbocycles. The molecular formula is C27H26FN3O3S. The Labute approximate surface area is 206 Å². The van der Waals surface area contributed by atoms with Crippen LogP contribution in [0.5, 0.6) is 11.5 Å². The molecule has 0 spiro atoms. The summed E-state index contributed by atoms with van der Waals surface area (Å²) in [6.07, 6.45) is 3.14. The number of hydrogen-bond donors (Lipinski definition) is 1. The van der Waals surface area contributed by atoms with Crippen molar-refractivity contribution in [1.82, 2.24) is 14.9 Å². The van der Waals surface area contributed by atoms with Gasteiger partial charge in [-0.3, -0.25) is 9.69 Å². The summed E-state index contributed by atoms with van der Waals surface area (Å²) in [6.45, 7) is 4.06. The van der Waals surface area contributed by atoms with Crippen molar-refractivity contribution in [2.75, 3.05) is 13.2 Å². The minimum absolute atomic E-state index is 0.123. The van der Waals surface area contributed by atoms with Crippen LogP contribution in [-0.2, 0) is 6.54 Å². The van der Waals surface area contributed by atoms with E-state index in [2.05, 4.69) is 28.9 Å². The van der Waals surface area contributed by atoms with Crippen LogP contribution in [0.1, 0.15) is 43.6 Å². The van der Waals surface area contributed by atoms with Gasteiger partial charge in [0.05, 0.1) is 25.3 Å². The molecule has 1 fully saturated rings. The van der Waals surface area contributed by atoms with Crippen molar-refractivity contribution in [3.8, 4) is 21.9 Å². The summed E-state index contributed by atoms with van der Waals surface area (Å²) in [6, 6.07) is 15.0. The molecule has 3 heterocycles. The largest absolute Gasteiger partial charge is 0.490 e. The second-order valence-corrected chi connectivity index (χ2v) is 10.2. The van der Waals surface area contributed by atoms with E-state index < -0.39 is 0 Å². The summed E-state index contributed by atoms with van der Waals surface area (Å²) in [5, 5.41) is 0. The van der Waals surface area contributed by atoms with E-state index in [1.807, 2.05) is 12.1 Å². The Morgan fingerprint density at radius 1 is 1.11 bits per heavy atom. The number of rotatable bonds is 6. The van der Waals surface area contributed by atoms with Crippen molar-refractivity contribution < 1.29 is 13.9 Å².